The molecular weight excluding hydrogens is 384 g/mol. The Kier molecular flexibility index (Phi) is 8.65. The summed E-state index contributed by atoms with van der Waals surface area (Å²) in [7, 11) is 0. The summed E-state index contributed by atoms with van der Waals surface area (Å²) in [5.41, 5.74) is 5.21. The number of morpholine rings is 1. The average molecular weight is 415 g/mol. The van der Waals surface area contributed by atoms with Crippen LogP contribution in [0.5, 0.6) is 0 Å². The van der Waals surface area contributed by atoms with E-state index in [-0.39, 0.29) is 25.6 Å². The zero-order valence-electron chi connectivity index (χ0n) is 17.7. The topological polar surface area (TPSA) is 69.3 Å². The smallest absolute Gasteiger partial charge is 0.310 e. The fourth-order valence-corrected chi connectivity index (χ4v) is 3.13. The van der Waals surface area contributed by atoms with Gasteiger partial charge in [0.25, 0.3) is 0 Å². The van der Waals surface area contributed by atoms with E-state index in [0.29, 0.717) is 19.9 Å². The van der Waals surface area contributed by atoms with Gasteiger partial charge in [-0.15, -0.1) is 0 Å². The van der Waals surface area contributed by atoms with Crippen molar-refractivity contribution in [1.82, 2.24) is 4.90 Å². The molecule has 3 rings (SSSR count). The number of ether oxygens (including phenoxy) is 2. The van der Waals surface area contributed by atoms with Crippen LogP contribution in [0.2, 0.25) is 0 Å². The van der Waals surface area contributed by atoms with Crippen molar-refractivity contribution in [3.05, 3.63) is 59.2 Å². The molecule has 2 aromatic carbocycles. The molecule has 0 saturated carbocycles. The fraction of sp³-hybridized carbons (Fsp3) is 0.435. The molecule has 0 aliphatic carbocycles. The molecule has 0 aromatic heterocycles. The van der Waals surface area contributed by atoms with Crippen LogP contribution < -0.4 is 5.32 Å². The van der Waals surface area contributed by atoms with E-state index in [1.54, 1.807) is 0 Å². The molecule has 0 unspecified atom stereocenters. The maximum Gasteiger partial charge on any atom is 0.310 e. The maximum atomic E-state index is 12.2. The van der Waals surface area contributed by atoms with E-state index in [0.717, 1.165) is 30.0 Å². The normalized spacial score (nSPS) is 14.5. The number of hydrogen-bond donors (Lipinski definition) is 1. The van der Waals surface area contributed by atoms with E-state index in [1.165, 1.54) is 11.1 Å². The fourth-order valence-electron chi connectivity index (χ4n) is 3.13. The second-order valence-electron chi connectivity index (χ2n) is 7.23. The molecule has 162 valence electrons. The van der Waals surface area contributed by atoms with Gasteiger partial charge in [0.05, 0.1) is 19.6 Å². The van der Waals surface area contributed by atoms with Crippen molar-refractivity contribution in [2.24, 2.45) is 0 Å². The Bertz CT molecular complexity index is 821. The minimum Gasteiger partial charge on any atom is -0.463 e. The molecule has 0 spiro atoms. The average Bonchev–Trinajstić information content (AvgIpc) is 2.76. The van der Waals surface area contributed by atoms with Crippen molar-refractivity contribution >= 4 is 17.3 Å². The molecule has 1 saturated heterocycles. The first-order valence-corrected chi connectivity index (χ1v) is 10.2. The number of nitrogens with zero attached hydrogens (tertiary/aromatic N) is 1. The van der Waals surface area contributed by atoms with Gasteiger partial charge in [0.2, 0.25) is 0 Å². The Morgan fingerprint density at radius 1 is 1.00 bits per heavy atom. The van der Waals surface area contributed by atoms with Crippen LogP contribution in [0, 0.1) is 13.8 Å². The molecule has 7 heteroatoms. The van der Waals surface area contributed by atoms with Crippen molar-refractivity contribution in [3.8, 4) is 0 Å². The van der Waals surface area contributed by atoms with E-state index in [9.17, 15) is 4.79 Å². The highest BCUT2D eigenvalue weighted by Gasteiger charge is 2.12. The zero-order valence-corrected chi connectivity index (χ0v) is 17.7. The van der Waals surface area contributed by atoms with E-state index < -0.39 is 0 Å². The van der Waals surface area contributed by atoms with Crippen LogP contribution in [0.25, 0.3) is 0 Å². The minimum absolute atomic E-state index is 0.147. The van der Waals surface area contributed by atoms with Gasteiger partial charge >= 0.3 is 5.97 Å². The van der Waals surface area contributed by atoms with Crippen LogP contribution in [0.15, 0.2) is 42.5 Å². The monoisotopic (exact) mass is 414 g/mol. The largest absolute Gasteiger partial charge is 0.463 e. The van der Waals surface area contributed by atoms with Crippen LogP contribution in [0.1, 0.15) is 16.7 Å². The second-order valence-corrected chi connectivity index (χ2v) is 7.23. The van der Waals surface area contributed by atoms with Gasteiger partial charge in [-0.1, -0.05) is 30.3 Å². The summed E-state index contributed by atoms with van der Waals surface area (Å²) >= 11 is 0. The Labute approximate surface area is 177 Å². The molecule has 0 amide bonds. The van der Waals surface area contributed by atoms with Gasteiger partial charge in [-0.3, -0.25) is 9.69 Å². The third-order valence-corrected chi connectivity index (χ3v) is 5.08. The highest BCUT2D eigenvalue weighted by Crippen LogP contribution is 2.25. The third-order valence-electron chi connectivity index (χ3n) is 5.08. The second kappa shape index (κ2) is 11.7. The summed E-state index contributed by atoms with van der Waals surface area (Å²) in [6, 6.07) is 13.9. The number of para-hydroxylation sites is 1. The number of aryl methyl sites for hydroxylation is 1. The third kappa shape index (κ3) is 6.81. The highest BCUT2D eigenvalue weighted by atomic mass is 17.2. The number of anilines is 2. The zero-order chi connectivity index (χ0) is 21.2. The lowest BCUT2D eigenvalue weighted by Gasteiger charge is -2.25. The SMILES string of the molecule is Cc1cccc(Nc2ccccc2CC(=O)OCCOOCN2CCOCC2)c1C. The molecule has 2 aromatic rings. The standard InChI is InChI=1S/C23H30N2O5/c1-18-6-5-9-21(19(18)2)24-22-8-4-3-7-20(22)16-23(26)28-14-15-29-30-17-25-10-12-27-13-11-25/h3-9,24H,10-17H2,1-2H3. The van der Waals surface area contributed by atoms with E-state index in [1.807, 2.05) is 36.4 Å². The number of carbonyl (C=O) groups excluding carboxylic acids is 1. The molecular formula is C23H30N2O5. The van der Waals surface area contributed by atoms with E-state index in [2.05, 4.69) is 30.1 Å². The number of nitrogens with one attached hydrogen (secondary N) is 1. The predicted octanol–water partition coefficient (Wildman–Crippen LogP) is 3.37. The summed E-state index contributed by atoms with van der Waals surface area (Å²) in [4.78, 5) is 24.6. The van der Waals surface area contributed by atoms with Crippen LogP contribution in [0.3, 0.4) is 0 Å². The van der Waals surface area contributed by atoms with Crippen molar-refractivity contribution in [2.45, 2.75) is 20.3 Å². The van der Waals surface area contributed by atoms with E-state index in [4.69, 9.17) is 19.2 Å². The quantitative estimate of drug-likeness (QED) is 0.277. The van der Waals surface area contributed by atoms with Gasteiger partial charge in [0, 0.05) is 24.5 Å². The first-order chi connectivity index (χ1) is 14.6. The Morgan fingerprint density at radius 2 is 1.77 bits per heavy atom. The van der Waals surface area contributed by atoms with Crippen LogP contribution in [-0.4, -0.2) is 57.1 Å². The Balaban J connectivity index is 1.41. The van der Waals surface area contributed by atoms with Crippen LogP contribution in [-0.2, 0) is 30.5 Å². The number of rotatable bonds is 10. The lowest BCUT2D eigenvalue weighted by atomic mass is 10.1. The van der Waals surface area contributed by atoms with Crippen molar-refractivity contribution in [1.29, 1.82) is 0 Å². The number of esters is 1. The van der Waals surface area contributed by atoms with Gasteiger partial charge in [-0.25, -0.2) is 9.78 Å². The summed E-state index contributed by atoms with van der Waals surface area (Å²) in [5, 5.41) is 3.44. The summed E-state index contributed by atoms with van der Waals surface area (Å²) in [6.07, 6.45) is 0.183. The first-order valence-electron chi connectivity index (χ1n) is 10.2. The number of benzene rings is 2. The molecule has 30 heavy (non-hydrogen) atoms. The molecule has 7 nitrogen and oxygen atoms in total. The van der Waals surface area contributed by atoms with Gasteiger partial charge in [0.15, 0.2) is 0 Å². The molecule has 1 fully saturated rings. The molecule has 1 aliphatic heterocycles. The molecule has 1 heterocycles. The van der Waals surface area contributed by atoms with Crippen LogP contribution in [0.4, 0.5) is 11.4 Å². The predicted molar refractivity (Wildman–Crippen MR) is 115 cm³/mol. The van der Waals surface area contributed by atoms with Gasteiger partial charge in [-0.2, -0.15) is 0 Å². The van der Waals surface area contributed by atoms with Crippen molar-refractivity contribution < 1.29 is 24.0 Å². The van der Waals surface area contributed by atoms with E-state index >= 15 is 0 Å². The van der Waals surface area contributed by atoms with Gasteiger partial charge in [0.1, 0.15) is 19.9 Å². The van der Waals surface area contributed by atoms with Gasteiger partial charge in [-0.05, 0) is 42.7 Å². The van der Waals surface area contributed by atoms with Crippen LogP contribution >= 0.6 is 0 Å². The molecule has 1 aliphatic rings. The number of carbonyl (C=O) groups is 1. The summed E-state index contributed by atoms with van der Waals surface area (Å²) in [6.45, 7) is 7.96. The lowest BCUT2D eigenvalue weighted by Crippen LogP contribution is -2.37. The minimum atomic E-state index is -0.304. The molecule has 0 bridgehead atoms. The Hall–Kier alpha value is -2.45. The van der Waals surface area contributed by atoms with Crippen molar-refractivity contribution in [2.75, 3.05) is 51.6 Å². The highest BCUT2D eigenvalue weighted by molar-refractivity contribution is 5.77. The summed E-state index contributed by atoms with van der Waals surface area (Å²) < 4.78 is 10.6. The summed E-state index contributed by atoms with van der Waals surface area (Å²) in [5.74, 6) is -0.304. The maximum absolute atomic E-state index is 12.2. The van der Waals surface area contributed by atoms with Gasteiger partial charge < -0.3 is 14.8 Å². The molecule has 0 radical (unpaired) electrons. The number of hydrogen-bond acceptors (Lipinski definition) is 7. The lowest BCUT2D eigenvalue weighted by molar-refractivity contribution is -0.320. The Morgan fingerprint density at radius 3 is 2.60 bits per heavy atom. The first kappa shape index (κ1) is 22.2. The van der Waals surface area contributed by atoms with Crippen molar-refractivity contribution in [3.63, 3.8) is 0 Å². The molecule has 1 N–H and O–H groups in total. The molecule has 0 atom stereocenters.